The monoisotopic (exact) mass is 642 g/mol. The summed E-state index contributed by atoms with van der Waals surface area (Å²) in [5, 5.41) is 38.5. The third kappa shape index (κ3) is 5.17. The number of aliphatic hydroxyl groups is 1. The third-order valence-corrected chi connectivity index (χ3v) is 10.2. The van der Waals surface area contributed by atoms with Crippen LogP contribution in [-0.2, 0) is 22.6 Å². The maximum absolute atomic E-state index is 16.5. The average Bonchev–Trinajstić information content (AvgIpc) is 3.61. The molecule has 0 radical (unpaired) electrons. The molecule has 3 aliphatic rings. The van der Waals surface area contributed by atoms with E-state index in [4.69, 9.17) is 27.9 Å². The van der Waals surface area contributed by atoms with E-state index in [9.17, 15) is 15.0 Å². The highest BCUT2D eigenvalue weighted by Gasteiger charge is 2.48. The van der Waals surface area contributed by atoms with Gasteiger partial charge in [-0.15, -0.1) is 0 Å². The lowest BCUT2D eigenvalue weighted by atomic mass is 9.73. The highest BCUT2D eigenvalue weighted by atomic mass is 35.5. The van der Waals surface area contributed by atoms with Gasteiger partial charge in [0, 0.05) is 46.7 Å². The number of nitrogens with zero attached hydrogens (tertiary/aromatic N) is 3. The van der Waals surface area contributed by atoms with Crippen molar-refractivity contribution in [2.24, 2.45) is 5.92 Å². The van der Waals surface area contributed by atoms with Gasteiger partial charge in [-0.25, -0.2) is 4.39 Å². The Hall–Kier alpha value is -2.79. The first-order valence-electron chi connectivity index (χ1n) is 15.0. The highest BCUT2D eigenvalue weighted by Crippen LogP contribution is 2.47. The number of aromatic nitrogens is 1. The SMILES string of the molecule is CC[C@@](O)(c1cc(F)c2c(c1)C(=O)N(Cc1ncc(Cl)cc1O)[C@@]2([O-])c1ccc(Cl)c(C2CCOC2)c1)C1CCN(C)CC1. The fraction of sp³-hybridized carbons (Fsp3) is 0.455. The minimum absolute atomic E-state index is 0.0335. The smallest absolute Gasteiger partial charge is 0.254 e. The van der Waals surface area contributed by atoms with Gasteiger partial charge in [-0.05, 0) is 86.6 Å². The Labute approximate surface area is 266 Å². The fourth-order valence-electron chi connectivity index (χ4n) is 7.07. The van der Waals surface area contributed by atoms with E-state index in [1.54, 1.807) is 12.1 Å². The summed E-state index contributed by atoms with van der Waals surface area (Å²) in [4.78, 5) is 21.5. The van der Waals surface area contributed by atoms with E-state index < -0.39 is 29.6 Å². The van der Waals surface area contributed by atoms with Crippen LogP contribution in [0.5, 0.6) is 5.75 Å². The normalized spacial score (nSPS) is 24.1. The number of ether oxygens (including phenoxy) is 1. The van der Waals surface area contributed by atoms with Crippen molar-refractivity contribution in [2.45, 2.75) is 56.4 Å². The Morgan fingerprint density at radius 2 is 1.93 bits per heavy atom. The Kier molecular flexibility index (Phi) is 8.41. The van der Waals surface area contributed by atoms with Crippen LogP contribution in [-0.4, -0.2) is 64.3 Å². The number of benzene rings is 2. The van der Waals surface area contributed by atoms with Gasteiger partial charge < -0.3 is 29.9 Å². The van der Waals surface area contributed by atoms with Crippen molar-refractivity contribution in [1.82, 2.24) is 14.8 Å². The van der Waals surface area contributed by atoms with Crippen molar-refractivity contribution in [3.63, 3.8) is 0 Å². The van der Waals surface area contributed by atoms with Gasteiger partial charge in [0.25, 0.3) is 5.91 Å². The summed E-state index contributed by atoms with van der Waals surface area (Å²) in [6, 6.07) is 8.69. The van der Waals surface area contributed by atoms with Crippen LogP contribution in [0.2, 0.25) is 10.0 Å². The molecule has 1 unspecified atom stereocenters. The molecule has 0 aliphatic carbocycles. The molecule has 1 amide bonds. The van der Waals surface area contributed by atoms with E-state index >= 15 is 9.50 Å². The molecular weight excluding hydrogens is 608 g/mol. The molecule has 11 heteroatoms. The van der Waals surface area contributed by atoms with Crippen LogP contribution in [0, 0.1) is 11.7 Å². The summed E-state index contributed by atoms with van der Waals surface area (Å²) in [5.41, 5.74) is -3.26. The largest absolute Gasteiger partial charge is 0.826 e. The first-order valence-corrected chi connectivity index (χ1v) is 15.7. The molecule has 2 fully saturated rings. The van der Waals surface area contributed by atoms with Gasteiger partial charge >= 0.3 is 0 Å². The standard InChI is InChI=1S/C33H35Cl2FN3O5/c1-3-32(42,20-6-9-38(2)10-7-20)22-13-25-30(27(36)14-22)33(43,21-4-5-26(35)24(12-21)19-8-11-44-18-19)39(31(25)41)17-28-29(40)15-23(34)16-37-28/h4-5,12-16,19-20,40,42H,3,6-11,17-18H2,1-2H3/q-1/t19?,32-,33+/m0/s1. The van der Waals surface area contributed by atoms with E-state index in [2.05, 4.69) is 9.88 Å². The summed E-state index contributed by atoms with van der Waals surface area (Å²) in [7, 11) is 2.02. The van der Waals surface area contributed by atoms with E-state index in [-0.39, 0.29) is 50.6 Å². The van der Waals surface area contributed by atoms with Gasteiger partial charge in [-0.2, -0.15) is 0 Å². The van der Waals surface area contributed by atoms with E-state index in [1.165, 1.54) is 30.5 Å². The molecule has 0 spiro atoms. The van der Waals surface area contributed by atoms with Crippen LogP contribution in [0.1, 0.15) is 76.8 Å². The summed E-state index contributed by atoms with van der Waals surface area (Å²) >= 11 is 12.5. The lowest BCUT2D eigenvalue weighted by Crippen LogP contribution is -2.54. The van der Waals surface area contributed by atoms with Crippen molar-refractivity contribution in [2.75, 3.05) is 33.4 Å². The molecule has 3 aromatic rings. The zero-order valence-electron chi connectivity index (χ0n) is 24.7. The van der Waals surface area contributed by atoms with Crippen LogP contribution in [0.3, 0.4) is 0 Å². The molecule has 44 heavy (non-hydrogen) atoms. The maximum atomic E-state index is 16.5. The summed E-state index contributed by atoms with van der Waals surface area (Å²) < 4.78 is 22.0. The second-order valence-electron chi connectivity index (χ2n) is 12.2. The predicted molar refractivity (Wildman–Crippen MR) is 162 cm³/mol. The highest BCUT2D eigenvalue weighted by molar-refractivity contribution is 6.31. The second-order valence-corrected chi connectivity index (χ2v) is 13.0. The van der Waals surface area contributed by atoms with Gasteiger partial charge in [0.2, 0.25) is 0 Å². The van der Waals surface area contributed by atoms with Crippen molar-refractivity contribution in [3.05, 3.63) is 92.0 Å². The van der Waals surface area contributed by atoms with Gasteiger partial charge in [0.1, 0.15) is 17.3 Å². The molecule has 234 valence electrons. The van der Waals surface area contributed by atoms with Crippen LogP contribution < -0.4 is 5.11 Å². The minimum Gasteiger partial charge on any atom is -0.826 e. The van der Waals surface area contributed by atoms with E-state index in [1.807, 2.05) is 14.0 Å². The number of pyridine rings is 1. The first-order chi connectivity index (χ1) is 21.0. The molecule has 8 nitrogen and oxygen atoms in total. The van der Waals surface area contributed by atoms with Gasteiger partial charge in [-0.3, -0.25) is 9.78 Å². The number of piperidine rings is 1. The average molecular weight is 644 g/mol. The van der Waals surface area contributed by atoms with E-state index in [0.29, 0.717) is 49.5 Å². The number of likely N-dealkylation sites (tertiary alicyclic amines) is 1. The molecule has 3 atom stereocenters. The summed E-state index contributed by atoms with van der Waals surface area (Å²) in [6.07, 6.45) is 3.75. The van der Waals surface area contributed by atoms with Crippen molar-refractivity contribution >= 4 is 29.1 Å². The topological polar surface area (TPSA) is 109 Å². The maximum Gasteiger partial charge on any atom is 0.254 e. The molecule has 2 saturated heterocycles. The van der Waals surface area contributed by atoms with Crippen molar-refractivity contribution in [3.8, 4) is 5.75 Å². The number of rotatable bonds is 7. The summed E-state index contributed by atoms with van der Waals surface area (Å²) in [6.45, 7) is 4.00. The molecule has 2 aromatic carbocycles. The Bertz CT molecular complexity index is 1590. The fourth-order valence-corrected chi connectivity index (χ4v) is 7.49. The van der Waals surface area contributed by atoms with Crippen molar-refractivity contribution in [1.29, 1.82) is 0 Å². The number of amides is 1. The zero-order chi connectivity index (χ0) is 31.4. The van der Waals surface area contributed by atoms with E-state index in [0.717, 1.165) is 18.0 Å². The molecule has 6 rings (SSSR count). The van der Waals surface area contributed by atoms with Crippen LogP contribution >= 0.6 is 23.2 Å². The number of carbonyl (C=O) groups excluding carboxylic acids is 1. The predicted octanol–water partition coefficient (Wildman–Crippen LogP) is 4.89. The lowest BCUT2D eigenvalue weighted by Gasteiger charge is -2.46. The Morgan fingerprint density at radius 3 is 2.59 bits per heavy atom. The quantitative estimate of drug-likeness (QED) is 0.378. The van der Waals surface area contributed by atoms with Gasteiger partial charge in [0.05, 0.1) is 23.8 Å². The number of fused-ring (bicyclic) bond motifs is 1. The molecule has 4 heterocycles. The van der Waals surface area contributed by atoms with Crippen molar-refractivity contribution < 1.29 is 29.2 Å². The third-order valence-electron chi connectivity index (χ3n) is 9.70. The first kappa shape index (κ1) is 31.2. The Balaban J connectivity index is 1.51. The molecule has 3 aliphatic heterocycles. The number of hydrogen-bond donors (Lipinski definition) is 2. The molecule has 1 aromatic heterocycles. The molecule has 0 saturated carbocycles. The zero-order valence-corrected chi connectivity index (χ0v) is 26.2. The number of halogens is 3. The lowest BCUT2D eigenvalue weighted by molar-refractivity contribution is -0.505. The Morgan fingerprint density at radius 1 is 1.18 bits per heavy atom. The van der Waals surface area contributed by atoms with Crippen LogP contribution in [0.15, 0.2) is 42.6 Å². The number of hydrogen-bond acceptors (Lipinski definition) is 7. The molecule has 2 N–H and O–H groups in total. The second kappa shape index (κ2) is 11.9. The van der Waals surface area contributed by atoms with Gasteiger partial charge in [-0.1, -0.05) is 42.3 Å². The van der Waals surface area contributed by atoms with Crippen LogP contribution in [0.25, 0.3) is 0 Å². The summed E-state index contributed by atoms with van der Waals surface area (Å²) in [5.74, 6) is -2.10. The number of aromatic hydroxyl groups is 1. The molecular formula is C33H35Cl2FN3O5-. The number of carbonyl (C=O) groups is 1. The van der Waals surface area contributed by atoms with Crippen LogP contribution in [0.4, 0.5) is 4.39 Å². The van der Waals surface area contributed by atoms with Gasteiger partial charge in [0.15, 0.2) is 0 Å². The molecule has 0 bridgehead atoms. The minimum atomic E-state index is -2.53.